The second-order valence-corrected chi connectivity index (χ2v) is 0.750. The van der Waals surface area contributed by atoms with Crippen molar-refractivity contribution in [1.82, 2.24) is 5.32 Å². The van der Waals surface area contributed by atoms with Gasteiger partial charge in [-0.25, -0.2) is 0 Å². The van der Waals surface area contributed by atoms with Gasteiger partial charge in [-0.15, -0.1) is 24.0 Å². The Morgan fingerprint density at radius 2 is 1.50 bits per heavy atom. The maximum absolute atomic E-state index is 3.00. The molecule has 1 fully saturated rings. The largest absolute Gasteiger partial charge is 0.314 e. The van der Waals surface area contributed by atoms with Crippen LogP contribution in [0.3, 0.4) is 0 Å². The molecular weight excluding hydrogens is 165 g/mol. The van der Waals surface area contributed by atoms with E-state index in [0.717, 1.165) is 0 Å². The van der Waals surface area contributed by atoms with Crippen LogP contribution in [0.15, 0.2) is 0 Å². The standard InChI is InChI=1S/C2H5N.HI/c1-2-3-1;/h3H,1-2H2;1H. The summed E-state index contributed by atoms with van der Waals surface area (Å²) in [6.45, 7) is 2.50. The molecule has 4 heavy (non-hydrogen) atoms. The van der Waals surface area contributed by atoms with Crippen molar-refractivity contribution in [2.75, 3.05) is 13.1 Å². The zero-order valence-electron chi connectivity index (χ0n) is 2.32. The zero-order valence-corrected chi connectivity index (χ0v) is 4.65. The molecule has 0 aliphatic carbocycles. The second kappa shape index (κ2) is 1.96. The van der Waals surface area contributed by atoms with E-state index in [2.05, 4.69) is 5.32 Å². The van der Waals surface area contributed by atoms with Crippen molar-refractivity contribution < 1.29 is 0 Å². The molecule has 0 bridgehead atoms. The number of hydrogen-bond acceptors (Lipinski definition) is 1. The summed E-state index contributed by atoms with van der Waals surface area (Å²) in [5, 5.41) is 3.00. The van der Waals surface area contributed by atoms with Gasteiger partial charge in [0.25, 0.3) is 0 Å². The van der Waals surface area contributed by atoms with E-state index < -0.39 is 0 Å². The minimum absolute atomic E-state index is 0. The monoisotopic (exact) mass is 171 g/mol. The Morgan fingerprint density at radius 3 is 1.50 bits per heavy atom. The van der Waals surface area contributed by atoms with E-state index in [1.54, 1.807) is 0 Å². The third-order valence-electron chi connectivity index (χ3n) is 0.250. The molecule has 26 valence electrons. The SMILES string of the molecule is C1CN1.I. The molecular formula is C2H6IN. The van der Waals surface area contributed by atoms with E-state index in [-0.39, 0.29) is 24.0 Å². The summed E-state index contributed by atoms with van der Waals surface area (Å²) in [6, 6.07) is 0. The molecule has 1 heterocycles. The molecule has 0 aromatic heterocycles. The summed E-state index contributed by atoms with van der Waals surface area (Å²) in [5.74, 6) is 0. The van der Waals surface area contributed by atoms with E-state index in [9.17, 15) is 0 Å². The Morgan fingerprint density at radius 1 is 1.25 bits per heavy atom. The fourth-order valence-electron chi connectivity index (χ4n) is 0. The van der Waals surface area contributed by atoms with Crippen LogP contribution < -0.4 is 5.32 Å². The van der Waals surface area contributed by atoms with Crippen molar-refractivity contribution in [3.8, 4) is 0 Å². The van der Waals surface area contributed by atoms with E-state index in [0.29, 0.717) is 0 Å². The van der Waals surface area contributed by atoms with Crippen molar-refractivity contribution in [1.29, 1.82) is 0 Å². The molecule has 0 atom stereocenters. The highest BCUT2D eigenvalue weighted by atomic mass is 127. The quantitative estimate of drug-likeness (QED) is 0.408. The molecule has 1 aliphatic rings. The summed E-state index contributed by atoms with van der Waals surface area (Å²) in [6.07, 6.45) is 0. The van der Waals surface area contributed by atoms with Crippen LogP contribution in [0.2, 0.25) is 0 Å². The van der Waals surface area contributed by atoms with Crippen LogP contribution in [0.25, 0.3) is 0 Å². The van der Waals surface area contributed by atoms with Gasteiger partial charge in [0.05, 0.1) is 0 Å². The fraction of sp³-hybridized carbons (Fsp3) is 1.00. The summed E-state index contributed by atoms with van der Waals surface area (Å²) in [4.78, 5) is 0. The molecule has 0 amide bonds. The van der Waals surface area contributed by atoms with Crippen LogP contribution in [0, 0.1) is 0 Å². The highest BCUT2D eigenvalue weighted by Crippen LogP contribution is 1.65. The van der Waals surface area contributed by atoms with Crippen LogP contribution in [-0.4, -0.2) is 13.1 Å². The minimum atomic E-state index is 0. The molecule has 1 nitrogen and oxygen atoms in total. The second-order valence-electron chi connectivity index (χ2n) is 0.750. The van der Waals surface area contributed by atoms with Gasteiger partial charge in [-0.3, -0.25) is 0 Å². The lowest BCUT2D eigenvalue weighted by Gasteiger charge is -1.21. The Labute approximate surface area is 42.8 Å². The zero-order chi connectivity index (χ0) is 2.12. The molecule has 1 aliphatic heterocycles. The first-order chi connectivity index (χ1) is 1.50. The van der Waals surface area contributed by atoms with Gasteiger partial charge in [0.2, 0.25) is 0 Å². The average molecular weight is 171 g/mol. The fourth-order valence-corrected chi connectivity index (χ4v) is 0. The molecule has 1 N–H and O–H groups in total. The average Bonchev–Trinajstić information content (AvgIpc) is 1.46. The van der Waals surface area contributed by atoms with Gasteiger partial charge in [-0.2, -0.15) is 0 Å². The van der Waals surface area contributed by atoms with Gasteiger partial charge < -0.3 is 5.32 Å². The first-order valence-electron chi connectivity index (χ1n) is 1.21. The van der Waals surface area contributed by atoms with Crippen molar-refractivity contribution >= 4 is 24.0 Å². The van der Waals surface area contributed by atoms with E-state index >= 15 is 0 Å². The van der Waals surface area contributed by atoms with Crippen LogP contribution >= 0.6 is 24.0 Å². The van der Waals surface area contributed by atoms with Crippen LogP contribution in [-0.2, 0) is 0 Å². The molecule has 0 unspecified atom stereocenters. The van der Waals surface area contributed by atoms with Crippen molar-refractivity contribution in [2.24, 2.45) is 0 Å². The summed E-state index contributed by atoms with van der Waals surface area (Å²) in [7, 11) is 0. The van der Waals surface area contributed by atoms with Crippen LogP contribution in [0.1, 0.15) is 0 Å². The normalized spacial score (nSPS) is 18.0. The topological polar surface area (TPSA) is 21.9 Å². The molecule has 0 aromatic rings. The predicted octanol–water partition coefficient (Wildman–Crippen LogP) is 0.208. The third-order valence-corrected chi connectivity index (χ3v) is 0.250. The lowest BCUT2D eigenvalue weighted by atomic mass is 11.0. The van der Waals surface area contributed by atoms with Gasteiger partial charge in [-0.05, 0) is 0 Å². The van der Waals surface area contributed by atoms with Crippen LogP contribution in [0.4, 0.5) is 0 Å². The van der Waals surface area contributed by atoms with Gasteiger partial charge in [0, 0.05) is 13.1 Å². The maximum atomic E-state index is 3.00. The molecule has 0 spiro atoms. The Hall–Kier alpha value is 0.690. The third kappa shape index (κ3) is 2.69. The van der Waals surface area contributed by atoms with Gasteiger partial charge >= 0.3 is 0 Å². The van der Waals surface area contributed by atoms with E-state index in [4.69, 9.17) is 0 Å². The van der Waals surface area contributed by atoms with Crippen LogP contribution in [0.5, 0.6) is 0 Å². The van der Waals surface area contributed by atoms with Crippen molar-refractivity contribution in [3.05, 3.63) is 0 Å². The summed E-state index contributed by atoms with van der Waals surface area (Å²) in [5.41, 5.74) is 0. The van der Waals surface area contributed by atoms with Crippen molar-refractivity contribution in [3.63, 3.8) is 0 Å². The summed E-state index contributed by atoms with van der Waals surface area (Å²) >= 11 is 0. The Kier molecular flexibility index (Phi) is 2.30. The summed E-state index contributed by atoms with van der Waals surface area (Å²) < 4.78 is 0. The highest BCUT2D eigenvalue weighted by molar-refractivity contribution is 14.0. The van der Waals surface area contributed by atoms with Gasteiger partial charge in [0.1, 0.15) is 0 Å². The molecule has 1 saturated heterocycles. The molecule has 0 radical (unpaired) electrons. The van der Waals surface area contributed by atoms with Gasteiger partial charge in [-0.1, -0.05) is 0 Å². The first-order valence-corrected chi connectivity index (χ1v) is 1.21. The molecule has 0 aromatic carbocycles. The van der Waals surface area contributed by atoms with Crippen molar-refractivity contribution in [2.45, 2.75) is 0 Å². The molecule has 1 rings (SSSR count). The van der Waals surface area contributed by atoms with E-state index in [1.807, 2.05) is 0 Å². The minimum Gasteiger partial charge on any atom is -0.314 e. The number of nitrogens with one attached hydrogen (secondary N) is 1. The Bertz CT molecular complexity index is 10.8. The number of halogens is 1. The highest BCUT2D eigenvalue weighted by Gasteiger charge is 1.91. The number of hydrogen-bond donors (Lipinski definition) is 1. The lowest BCUT2D eigenvalue weighted by Crippen LogP contribution is -1.56. The molecule has 2 heteroatoms. The Balaban J connectivity index is 0.0000000900. The van der Waals surface area contributed by atoms with Gasteiger partial charge in [0.15, 0.2) is 0 Å². The smallest absolute Gasteiger partial charge is 0.00772 e. The lowest BCUT2D eigenvalue weighted by molar-refractivity contribution is 1.34. The molecule has 0 saturated carbocycles. The first kappa shape index (κ1) is 4.69. The number of rotatable bonds is 0. The maximum Gasteiger partial charge on any atom is 0.00772 e. The predicted molar refractivity (Wildman–Crippen MR) is 28.3 cm³/mol. The van der Waals surface area contributed by atoms with E-state index in [1.165, 1.54) is 13.1 Å².